The minimum absolute atomic E-state index is 0.387. The summed E-state index contributed by atoms with van der Waals surface area (Å²) in [5.74, 6) is 0.843. The van der Waals surface area contributed by atoms with Crippen LogP contribution < -0.4 is 9.62 Å². The highest BCUT2D eigenvalue weighted by molar-refractivity contribution is 7.92. The molecule has 0 aliphatic carbocycles. The molecule has 0 atom stereocenters. The number of hydrogen-bond acceptors (Lipinski definition) is 7. The van der Waals surface area contributed by atoms with Crippen LogP contribution in [0.1, 0.15) is 5.56 Å². The molecule has 1 aromatic carbocycles. The van der Waals surface area contributed by atoms with Gasteiger partial charge in [-0.2, -0.15) is 4.98 Å². The number of aromatic nitrogens is 5. The Morgan fingerprint density at radius 2 is 1.82 bits per heavy atom. The summed E-state index contributed by atoms with van der Waals surface area (Å²) in [4.78, 5) is 17.9. The number of rotatable bonds is 6. The van der Waals surface area contributed by atoms with Crippen LogP contribution in [0.2, 0.25) is 0 Å². The Kier molecular flexibility index (Phi) is 5.14. The van der Waals surface area contributed by atoms with E-state index in [2.05, 4.69) is 20.3 Å². The summed E-state index contributed by atoms with van der Waals surface area (Å²) in [5.41, 5.74) is 3.23. The third kappa shape index (κ3) is 4.08. The summed E-state index contributed by atoms with van der Waals surface area (Å²) < 4.78 is 27.2. The average molecular weight is 460 g/mol. The number of fused-ring (bicyclic) bond motifs is 2. The maximum Gasteiger partial charge on any atom is 0.233 e. The molecule has 0 radical (unpaired) electrons. The zero-order valence-electron chi connectivity index (χ0n) is 18.0. The fourth-order valence-corrected chi connectivity index (χ4v) is 4.15. The minimum Gasteiger partial charge on any atom is -0.328 e. The average Bonchev–Trinajstić information content (AvgIpc) is 3.21. The first-order valence-corrected chi connectivity index (χ1v) is 12.1. The Hall–Kier alpha value is -4.05. The van der Waals surface area contributed by atoms with Gasteiger partial charge in [-0.1, -0.05) is 12.1 Å². The molecule has 4 heterocycles. The van der Waals surface area contributed by atoms with E-state index in [4.69, 9.17) is 4.98 Å². The highest BCUT2D eigenvalue weighted by atomic mass is 32.2. The number of pyridine rings is 2. The molecular weight excluding hydrogens is 438 g/mol. The van der Waals surface area contributed by atoms with Crippen molar-refractivity contribution in [3.63, 3.8) is 0 Å². The summed E-state index contributed by atoms with van der Waals surface area (Å²) in [6.45, 7) is 0.404. The molecule has 0 aliphatic rings. The Bertz CT molecular complexity index is 1580. The maximum absolute atomic E-state index is 12.1. The molecule has 1 N–H and O–H groups in total. The van der Waals surface area contributed by atoms with Crippen LogP contribution in [-0.2, 0) is 16.6 Å². The fourth-order valence-electron chi connectivity index (χ4n) is 3.67. The standard InChI is InChI=1S/C23H21N7O2S/c1-29(33(2,31)32)21-17(6-4-12-25-21)15-30-13-10-16-14-26-23(28-22(16)30)27-20-9-3-8-19-18(20)7-5-11-24-19/h3-14H,15H2,1-2H3,(H,26,27,28). The molecule has 0 aliphatic heterocycles. The van der Waals surface area contributed by atoms with E-state index in [9.17, 15) is 8.42 Å². The van der Waals surface area contributed by atoms with Gasteiger partial charge in [0.2, 0.25) is 16.0 Å². The number of nitrogens with one attached hydrogen (secondary N) is 1. The van der Waals surface area contributed by atoms with Gasteiger partial charge in [-0.25, -0.2) is 18.4 Å². The number of sulfonamides is 1. The summed E-state index contributed by atoms with van der Waals surface area (Å²) >= 11 is 0. The van der Waals surface area contributed by atoms with Crippen LogP contribution in [0.3, 0.4) is 0 Å². The highest BCUT2D eigenvalue weighted by Gasteiger charge is 2.18. The van der Waals surface area contributed by atoms with Crippen molar-refractivity contribution in [2.24, 2.45) is 0 Å². The van der Waals surface area contributed by atoms with Crippen LogP contribution in [0.15, 0.2) is 73.3 Å². The van der Waals surface area contributed by atoms with E-state index in [1.807, 2.05) is 53.2 Å². The summed E-state index contributed by atoms with van der Waals surface area (Å²) in [6.07, 6.45) is 8.16. The lowest BCUT2D eigenvalue weighted by Gasteiger charge is -2.19. The van der Waals surface area contributed by atoms with Gasteiger partial charge in [0, 0.05) is 48.2 Å². The van der Waals surface area contributed by atoms with Gasteiger partial charge in [0.25, 0.3) is 0 Å². The summed E-state index contributed by atoms with van der Waals surface area (Å²) in [7, 11) is -1.94. The Morgan fingerprint density at radius 1 is 1.00 bits per heavy atom. The van der Waals surface area contributed by atoms with Gasteiger partial charge < -0.3 is 9.88 Å². The van der Waals surface area contributed by atoms with Crippen molar-refractivity contribution in [3.05, 3.63) is 78.9 Å². The van der Waals surface area contributed by atoms with Crippen molar-refractivity contribution >= 4 is 49.4 Å². The van der Waals surface area contributed by atoms with Crippen LogP contribution in [0, 0.1) is 0 Å². The SMILES string of the molecule is CN(c1ncccc1Cn1ccc2cnc(Nc3cccc4ncccc34)nc21)S(C)(=O)=O. The lowest BCUT2D eigenvalue weighted by molar-refractivity contribution is 0.599. The number of hydrogen-bond donors (Lipinski definition) is 1. The Morgan fingerprint density at radius 3 is 2.67 bits per heavy atom. The van der Waals surface area contributed by atoms with Crippen molar-refractivity contribution in [2.45, 2.75) is 6.54 Å². The van der Waals surface area contributed by atoms with Crippen molar-refractivity contribution < 1.29 is 8.42 Å². The molecule has 9 nitrogen and oxygen atoms in total. The second-order valence-electron chi connectivity index (χ2n) is 7.63. The van der Waals surface area contributed by atoms with Crippen LogP contribution in [0.4, 0.5) is 17.5 Å². The molecule has 33 heavy (non-hydrogen) atoms. The largest absolute Gasteiger partial charge is 0.328 e. The van der Waals surface area contributed by atoms with Crippen molar-refractivity contribution in [1.29, 1.82) is 0 Å². The first-order valence-electron chi connectivity index (χ1n) is 10.2. The van der Waals surface area contributed by atoms with Gasteiger partial charge >= 0.3 is 0 Å². The Labute approximate surface area is 190 Å². The third-order valence-electron chi connectivity index (χ3n) is 5.40. The molecule has 10 heteroatoms. The second kappa shape index (κ2) is 8.14. The molecule has 0 fully saturated rings. The molecule has 5 rings (SSSR count). The smallest absolute Gasteiger partial charge is 0.233 e. The predicted molar refractivity (Wildman–Crippen MR) is 129 cm³/mol. The fraction of sp³-hybridized carbons (Fsp3) is 0.130. The van der Waals surface area contributed by atoms with E-state index < -0.39 is 10.0 Å². The van der Waals surface area contributed by atoms with Gasteiger partial charge in [0.15, 0.2) is 0 Å². The van der Waals surface area contributed by atoms with E-state index in [1.54, 1.807) is 24.7 Å². The lowest BCUT2D eigenvalue weighted by atomic mass is 10.2. The monoisotopic (exact) mass is 459 g/mol. The molecular formula is C23H21N7O2S. The molecule has 4 aromatic heterocycles. The maximum atomic E-state index is 12.1. The lowest BCUT2D eigenvalue weighted by Crippen LogP contribution is -2.27. The van der Waals surface area contributed by atoms with E-state index in [0.29, 0.717) is 18.3 Å². The number of benzene rings is 1. The molecule has 0 saturated carbocycles. The van der Waals surface area contributed by atoms with Crippen LogP contribution in [0.5, 0.6) is 0 Å². The molecule has 0 saturated heterocycles. The van der Waals surface area contributed by atoms with Gasteiger partial charge in [0.1, 0.15) is 11.5 Å². The zero-order chi connectivity index (χ0) is 23.0. The predicted octanol–water partition coefficient (Wildman–Crippen LogP) is 3.56. The van der Waals surface area contributed by atoms with Gasteiger partial charge in [-0.3, -0.25) is 9.29 Å². The molecule has 0 amide bonds. The zero-order valence-corrected chi connectivity index (χ0v) is 18.9. The van der Waals surface area contributed by atoms with Crippen molar-refractivity contribution in [2.75, 3.05) is 22.9 Å². The molecule has 5 aromatic rings. The summed E-state index contributed by atoms with van der Waals surface area (Å²) in [6, 6.07) is 15.3. The number of nitrogens with zero attached hydrogens (tertiary/aromatic N) is 6. The van der Waals surface area contributed by atoms with Gasteiger partial charge in [-0.15, -0.1) is 0 Å². The van der Waals surface area contributed by atoms with Gasteiger partial charge in [0.05, 0.1) is 24.0 Å². The van der Waals surface area contributed by atoms with Crippen LogP contribution in [0.25, 0.3) is 21.9 Å². The third-order valence-corrected chi connectivity index (χ3v) is 6.57. The minimum atomic E-state index is -3.44. The molecule has 0 bridgehead atoms. The van der Waals surface area contributed by atoms with Crippen LogP contribution in [-0.4, -0.2) is 46.2 Å². The van der Waals surface area contributed by atoms with E-state index in [0.717, 1.165) is 39.4 Å². The Balaban J connectivity index is 1.50. The van der Waals surface area contributed by atoms with Crippen molar-refractivity contribution in [1.82, 2.24) is 24.5 Å². The van der Waals surface area contributed by atoms with Crippen molar-refractivity contribution in [3.8, 4) is 0 Å². The normalized spacial score (nSPS) is 11.7. The first kappa shape index (κ1) is 20.8. The first-order chi connectivity index (χ1) is 15.9. The van der Waals surface area contributed by atoms with E-state index in [1.165, 1.54) is 11.4 Å². The topological polar surface area (TPSA) is 106 Å². The summed E-state index contributed by atoms with van der Waals surface area (Å²) in [5, 5.41) is 5.15. The molecule has 0 spiro atoms. The van der Waals surface area contributed by atoms with Crippen LogP contribution >= 0.6 is 0 Å². The van der Waals surface area contributed by atoms with E-state index in [-0.39, 0.29) is 0 Å². The molecule has 0 unspecified atom stereocenters. The molecule has 166 valence electrons. The van der Waals surface area contributed by atoms with E-state index >= 15 is 0 Å². The number of anilines is 3. The quantitative estimate of drug-likeness (QED) is 0.414. The van der Waals surface area contributed by atoms with Gasteiger partial charge in [-0.05, 0) is 36.4 Å². The highest BCUT2D eigenvalue weighted by Crippen LogP contribution is 2.26. The second-order valence-corrected chi connectivity index (χ2v) is 9.65.